The second-order valence-corrected chi connectivity index (χ2v) is 9.65. The number of halogens is 1. The summed E-state index contributed by atoms with van der Waals surface area (Å²) in [6, 6.07) is 5.39. The first-order valence-corrected chi connectivity index (χ1v) is 10.6. The highest BCUT2D eigenvalue weighted by Gasteiger charge is 2.30. The zero-order chi connectivity index (χ0) is 16.4. The summed E-state index contributed by atoms with van der Waals surface area (Å²) in [6.07, 6.45) is 3.74. The molecule has 1 aromatic carbocycles. The van der Waals surface area contributed by atoms with Crippen molar-refractivity contribution in [2.45, 2.75) is 29.1 Å². The molecular weight excluding hydrogens is 360 g/mol. The number of hydrogen-bond donors (Lipinski definition) is 1. The molecule has 1 atom stereocenters. The van der Waals surface area contributed by atoms with Crippen LogP contribution in [0.15, 0.2) is 34.1 Å². The van der Waals surface area contributed by atoms with E-state index in [1.54, 1.807) is 0 Å². The van der Waals surface area contributed by atoms with Crippen molar-refractivity contribution < 1.29 is 16.8 Å². The third-order valence-corrected chi connectivity index (χ3v) is 6.95. The molecule has 0 aliphatic carbocycles. The van der Waals surface area contributed by atoms with Gasteiger partial charge in [0.1, 0.15) is 0 Å². The van der Waals surface area contributed by atoms with Gasteiger partial charge in [-0.2, -0.15) is 4.31 Å². The van der Waals surface area contributed by atoms with Crippen LogP contribution >= 0.6 is 12.4 Å². The van der Waals surface area contributed by atoms with Gasteiger partial charge in [-0.15, -0.1) is 12.4 Å². The monoisotopic (exact) mass is 382 g/mol. The number of hydrogen-bond acceptors (Lipinski definition) is 5. The van der Waals surface area contributed by atoms with Gasteiger partial charge < -0.3 is 5.73 Å². The fraction of sp³-hybridized carbons (Fsp3) is 0.571. The number of nitrogens with zero attached hydrogens (tertiary/aromatic N) is 1. The molecule has 23 heavy (non-hydrogen) atoms. The van der Waals surface area contributed by atoms with Gasteiger partial charge in [-0.25, -0.2) is 16.8 Å². The average Bonchev–Trinajstić information content (AvgIpc) is 2.47. The van der Waals surface area contributed by atoms with Crippen LogP contribution in [0, 0.1) is 5.92 Å². The Balaban J connectivity index is 0.00000264. The smallest absolute Gasteiger partial charge is 0.243 e. The zero-order valence-corrected chi connectivity index (χ0v) is 15.5. The third kappa shape index (κ3) is 4.90. The Morgan fingerprint density at radius 1 is 1.13 bits per heavy atom. The normalized spacial score (nSPS) is 20.0. The van der Waals surface area contributed by atoms with Crippen molar-refractivity contribution in [2.24, 2.45) is 11.7 Å². The van der Waals surface area contributed by atoms with Gasteiger partial charge in [0.15, 0.2) is 9.84 Å². The molecule has 0 bridgehead atoms. The molecule has 1 unspecified atom stereocenters. The molecule has 0 aromatic heterocycles. The minimum atomic E-state index is -3.58. The number of nitrogens with two attached hydrogens (primary N) is 1. The number of piperidine rings is 1. The first-order valence-electron chi connectivity index (χ1n) is 7.25. The van der Waals surface area contributed by atoms with Crippen molar-refractivity contribution in [1.82, 2.24) is 4.31 Å². The molecular formula is C14H23ClN2O4S2. The fourth-order valence-electron chi connectivity index (χ4n) is 2.72. The lowest BCUT2D eigenvalue weighted by atomic mass is 9.96. The maximum atomic E-state index is 12.6. The summed E-state index contributed by atoms with van der Waals surface area (Å²) in [7, 11) is -6.91. The highest BCUT2D eigenvalue weighted by atomic mass is 35.5. The van der Waals surface area contributed by atoms with Gasteiger partial charge in [0.05, 0.1) is 9.79 Å². The summed E-state index contributed by atoms with van der Waals surface area (Å²) in [5, 5.41) is 0. The Labute approximate surface area is 144 Å². The van der Waals surface area contributed by atoms with Crippen LogP contribution in [0.3, 0.4) is 0 Å². The molecule has 1 aromatic rings. The van der Waals surface area contributed by atoms with E-state index in [9.17, 15) is 16.8 Å². The summed E-state index contributed by atoms with van der Waals surface area (Å²) in [6.45, 7) is 1.53. The Morgan fingerprint density at radius 2 is 1.70 bits per heavy atom. The lowest BCUT2D eigenvalue weighted by molar-refractivity contribution is 0.258. The van der Waals surface area contributed by atoms with Crippen molar-refractivity contribution >= 4 is 32.3 Å². The summed E-state index contributed by atoms with van der Waals surface area (Å²) in [4.78, 5) is 0.249. The quantitative estimate of drug-likeness (QED) is 0.826. The predicted molar refractivity (Wildman–Crippen MR) is 92.0 cm³/mol. The van der Waals surface area contributed by atoms with Gasteiger partial charge in [-0.3, -0.25) is 0 Å². The number of sulfonamides is 1. The van der Waals surface area contributed by atoms with E-state index in [0.717, 1.165) is 25.5 Å². The molecule has 0 spiro atoms. The van der Waals surface area contributed by atoms with E-state index in [2.05, 4.69) is 0 Å². The minimum Gasteiger partial charge on any atom is -0.330 e. The zero-order valence-electron chi connectivity index (χ0n) is 13.0. The molecule has 6 nitrogen and oxygen atoms in total. The largest absolute Gasteiger partial charge is 0.330 e. The van der Waals surface area contributed by atoms with E-state index < -0.39 is 19.9 Å². The Morgan fingerprint density at radius 3 is 2.22 bits per heavy atom. The molecule has 1 fully saturated rings. The van der Waals surface area contributed by atoms with Gasteiger partial charge in [-0.1, -0.05) is 0 Å². The van der Waals surface area contributed by atoms with Crippen LogP contribution in [0.2, 0.25) is 0 Å². The Bertz CT molecular complexity index is 716. The van der Waals surface area contributed by atoms with Crippen LogP contribution in [0.5, 0.6) is 0 Å². The van der Waals surface area contributed by atoms with Crippen LogP contribution in [-0.4, -0.2) is 47.0 Å². The first kappa shape index (κ1) is 20.4. The van der Waals surface area contributed by atoms with Gasteiger partial charge >= 0.3 is 0 Å². The highest BCUT2D eigenvalue weighted by molar-refractivity contribution is 7.90. The lowest BCUT2D eigenvalue weighted by Crippen LogP contribution is -2.40. The molecule has 0 radical (unpaired) electrons. The first-order chi connectivity index (χ1) is 10.2. The molecule has 1 aliphatic heterocycles. The maximum Gasteiger partial charge on any atom is 0.243 e. The molecule has 0 saturated carbocycles. The lowest BCUT2D eigenvalue weighted by Gasteiger charge is -2.31. The predicted octanol–water partition coefficient (Wildman–Crippen LogP) is 1.26. The van der Waals surface area contributed by atoms with E-state index in [4.69, 9.17) is 5.73 Å². The SMILES string of the molecule is CS(=O)(=O)c1ccc(S(=O)(=O)N2CCCC(CCN)C2)cc1.Cl. The highest BCUT2D eigenvalue weighted by Crippen LogP contribution is 2.25. The standard InChI is InChI=1S/C14H22N2O4S2.ClH/c1-21(17,18)13-4-6-14(7-5-13)22(19,20)16-10-2-3-12(11-16)8-9-15;/h4-7,12H,2-3,8-11,15H2,1H3;1H. The van der Waals surface area contributed by atoms with Crippen LogP contribution in [-0.2, 0) is 19.9 Å². The van der Waals surface area contributed by atoms with Crippen molar-refractivity contribution in [3.05, 3.63) is 24.3 Å². The third-order valence-electron chi connectivity index (χ3n) is 3.95. The van der Waals surface area contributed by atoms with E-state index in [-0.39, 0.29) is 22.2 Å². The molecule has 1 heterocycles. The Kier molecular flexibility index (Phi) is 7.03. The molecule has 0 amide bonds. The van der Waals surface area contributed by atoms with E-state index in [1.165, 1.54) is 28.6 Å². The number of rotatable bonds is 5. The second-order valence-electron chi connectivity index (χ2n) is 5.69. The van der Waals surface area contributed by atoms with Crippen LogP contribution in [0.4, 0.5) is 0 Å². The van der Waals surface area contributed by atoms with Gasteiger partial charge in [0, 0.05) is 19.3 Å². The van der Waals surface area contributed by atoms with Crippen molar-refractivity contribution in [3.8, 4) is 0 Å². The van der Waals surface area contributed by atoms with E-state index in [1.807, 2.05) is 0 Å². The van der Waals surface area contributed by atoms with Crippen molar-refractivity contribution in [3.63, 3.8) is 0 Å². The van der Waals surface area contributed by atoms with E-state index in [0.29, 0.717) is 25.6 Å². The summed E-state index contributed by atoms with van der Waals surface area (Å²) in [5.74, 6) is 0.295. The maximum absolute atomic E-state index is 12.6. The molecule has 132 valence electrons. The fourth-order valence-corrected chi connectivity index (χ4v) is 4.91. The van der Waals surface area contributed by atoms with E-state index >= 15 is 0 Å². The molecule has 1 saturated heterocycles. The molecule has 2 N–H and O–H groups in total. The van der Waals surface area contributed by atoms with Crippen LogP contribution < -0.4 is 5.73 Å². The van der Waals surface area contributed by atoms with Gasteiger partial charge in [0.25, 0.3) is 0 Å². The summed E-state index contributed by atoms with van der Waals surface area (Å²) < 4.78 is 49.6. The average molecular weight is 383 g/mol. The molecule has 1 aliphatic rings. The Hall–Kier alpha value is -0.670. The number of sulfone groups is 1. The summed E-state index contributed by atoms with van der Waals surface area (Å²) >= 11 is 0. The number of benzene rings is 1. The van der Waals surface area contributed by atoms with Crippen molar-refractivity contribution in [1.29, 1.82) is 0 Å². The van der Waals surface area contributed by atoms with Crippen LogP contribution in [0.1, 0.15) is 19.3 Å². The second kappa shape index (κ2) is 7.94. The molecule has 2 rings (SSSR count). The van der Waals surface area contributed by atoms with Gasteiger partial charge in [-0.05, 0) is 56.0 Å². The topological polar surface area (TPSA) is 97.5 Å². The van der Waals surface area contributed by atoms with Gasteiger partial charge in [0.2, 0.25) is 10.0 Å². The van der Waals surface area contributed by atoms with Crippen molar-refractivity contribution in [2.75, 3.05) is 25.9 Å². The van der Waals surface area contributed by atoms with Crippen LogP contribution in [0.25, 0.3) is 0 Å². The minimum absolute atomic E-state index is 0. The summed E-state index contributed by atoms with van der Waals surface area (Å²) in [5.41, 5.74) is 5.56. The molecule has 9 heteroatoms.